The molecule has 1 atom stereocenters. The number of carbonyl (C=O) groups is 1. The van der Waals surface area contributed by atoms with E-state index in [1.165, 1.54) is 11.1 Å². The average molecular weight is 544 g/mol. The highest BCUT2D eigenvalue weighted by Crippen LogP contribution is 2.40. The van der Waals surface area contributed by atoms with Gasteiger partial charge in [0.15, 0.2) is 0 Å². The standard InChI is InChI=1S/C27H32F3N7O2/c1-26(21-16-31-36(17-21)13-7-3-2-6-12-27(28,29)30)15-22(20-11-10-18-8-4-5-9-19(18)14-20)23(24(38)32-26)37-25(39)33-34-35-37/h10-11,14,16-17H,2-9,12-13,15H2,1H3,(H,32,38)(H,33,35,39)/t26-/m0/s1. The molecule has 0 bridgehead atoms. The molecule has 9 nitrogen and oxygen atoms in total. The van der Waals surface area contributed by atoms with Crippen molar-refractivity contribution >= 4 is 17.2 Å². The summed E-state index contributed by atoms with van der Waals surface area (Å²) in [5.74, 6) is -0.440. The average Bonchev–Trinajstić information content (AvgIpc) is 3.54. The molecule has 3 heterocycles. The summed E-state index contributed by atoms with van der Waals surface area (Å²) >= 11 is 0. The summed E-state index contributed by atoms with van der Waals surface area (Å²) in [6, 6.07) is 6.23. The normalized spacial score (nSPS) is 19.7. The molecule has 5 rings (SSSR count). The maximum Gasteiger partial charge on any atom is 0.389 e. The zero-order valence-electron chi connectivity index (χ0n) is 21.9. The van der Waals surface area contributed by atoms with Gasteiger partial charge in [-0.3, -0.25) is 9.48 Å². The number of benzene rings is 1. The van der Waals surface area contributed by atoms with Gasteiger partial charge in [0.25, 0.3) is 5.91 Å². The van der Waals surface area contributed by atoms with Crippen LogP contribution in [0.15, 0.2) is 35.4 Å². The molecule has 3 aromatic rings. The maximum absolute atomic E-state index is 13.5. The Labute approximate surface area is 223 Å². The van der Waals surface area contributed by atoms with Crippen molar-refractivity contribution in [1.82, 2.24) is 35.3 Å². The zero-order chi connectivity index (χ0) is 27.6. The quantitative estimate of drug-likeness (QED) is 0.390. The topological polar surface area (TPSA) is 110 Å². The van der Waals surface area contributed by atoms with E-state index in [0.29, 0.717) is 37.8 Å². The molecule has 39 heavy (non-hydrogen) atoms. The summed E-state index contributed by atoms with van der Waals surface area (Å²) in [5.41, 5.74) is 3.69. The van der Waals surface area contributed by atoms with E-state index in [4.69, 9.17) is 0 Å². The first-order valence-corrected chi connectivity index (χ1v) is 13.4. The first-order valence-electron chi connectivity index (χ1n) is 13.4. The highest BCUT2D eigenvalue weighted by Gasteiger charge is 2.40. The van der Waals surface area contributed by atoms with Crippen molar-refractivity contribution in [3.05, 3.63) is 63.3 Å². The number of unbranched alkanes of at least 4 members (excludes halogenated alkanes) is 3. The monoisotopic (exact) mass is 543 g/mol. The Morgan fingerprint density at radius 3 is 2.56 bits per heavy atom. The van der Waals surface area contributed by atoms with E-state index >= 15 is 0 Å². The van der Waals surface area contributed by atoms with Crippen LogP contribution in [0.3, 0.4) is 0 Å². The summed E-state index contributed by atoms with van der Waals surface area (Å²) in [6.07, 6.45) is 5.44. The van der Waals surface area contributed by atoms with Gasteiger partial charge in [0.05, 0.1) is 11.7 Å². The molecule has 1 aliphatic carbocycles. The Morgan fingerprint density at radius 2 is 1.82 bits per heavy atom. The Morgan fingerprint density at radius 1 is 1.05 bits per heavy atom. The fourth-order valence-electron chi connectivity index (χ4n) is 5.55. The van der Waals surface area contributed by atoms with Gasteiger partial charge in [0.2, 0.25) is 0 Å². The Balaban J connectivity index is 1.38. The molecule has 0 saturated heterocycles. The zero-order valence-corrected chi connectivity index (χ0v) is 21.9. The summed E-state index contributed by atoms with van der Waals surface area (Å²) in [4.78, 5) is 26.0. The molecule has 12 heteroatoms. The van der Waals surface area contributed by atoms with Gasteiger partial charge in [-0.25, -0.2) is 9.89 Å². The largest absolute Gasteiger partial charge is 0.389 e. The molecule has 1 aromatic carbocycles. The van der Waals surface area contributed by atoms with Gasteiger partial charge in [-0.1, -0.05) is 31.0 Å². The van der Waals surface area contributed by atoms with Gasteiger partial charge in [-0.05, 0) is 78.1 Å². The highest BCUT2D eigenvalue weighted by molar-refractivity contribution is 6.22. The van der Waals surface area contributed by atoms with Crippen LogP contribution >= 0.6 is 0 Å². The SMILES string of the molecule is C[C@@]1(c2cnn(CCCCCCC(F)(F)F)c2)CC(c2ccc3c(c2)CCCC3)=C(n2nn[nH]c2=O)C(=O)N1. The third kappa shape index (κ3) is 5.99. The number of halogens is 3. The molecule has 2 N–H and O–H groups in total. The van der Waals surface area contributed by atoms with Gasteiger partial charge < -0.3 is 5.32 Å². The number of rotatable bonds is 9. The lowest BCUT2D eigenvalue weighted by atomic mass is 9.79. The van der Waals surface area contributed by atoms with Crippen LogP contribution < -0.4 is 11.0 Å². The number of alkyl halides is 3. The van der Waals surface area contributed by atoms with Gasteiger partial charge in [0.1, 0.15) is 5.70 Å². The summed E-state index contributed by atoms with van der Waals surface area (Å²) in [6.45, 7) is 2.49. The molecule has 0 radical (unpaired) electrons. The first kappa shape index (κ1) is 26.9. The molecular formula is C27H32F3N7O2. The van der Waals surface area contributed by atoms with E-state index < -0.39 is 29.7 Å². The lowest BCUT2D eigenvalue weighted by Gasteiger charge is -2.36. The summed E-state index contributed by atoms with van der Waals surface area (Å²) < 4.78 is 39.8. The fraction of sp³-hybridized carbons (Fsp3) is 0.519. The molecule has 2 aromatic heterocycles. The molecule has 0 spiro atoms. The minimum absolute atomic E-state index is 0.132. The summed E-state index contributed by atoms with van der Waals surface area (Å²) in [7, 11) is 0. The third-order valence-electron chi connectivity index (χ3n) is 7.67. The number of hydrogen-bond donors (Lipinski definition) is 2. The number of carbonyl (C=O) groups excluding carboxylic acids is 1. The van der Waals surface area contributed by atoms with Crippen molar-refractivity contribution in [2.45, 2.75) is 89.4 Å². The number of amides is 1. The van der Waals surface area contributed by atoms with Crippen LogP contribution in [0.25, 0.3) is 11.3 Å². The smallest absolute Gasteiger partial charge is 0.341 e. The van der Waals surface area contributed by atoms with E-state index in [9.17, 15) is 22.8 Å². The minimum atomic E-state index is -4.11. The molecule has 1 amide bonds. The van der Waals surface area contributed by atoms with Crippen LogP contribution in [0.1, 0.15) is 80.5 Å². The minimum Gasteiger partial charge on any atom is -0.341 e. The van der Waals surface area contributed by atoms with Gasteiger partial charge in [-0.2, -0.15) is 23.0 Å². The number of H-pyrrole nitrogens is 1. The highest BCUT2D eigenvalue weighted by atomic mass is 19.4. The van der Waals surface area contributed by atoms with Crippen LogP contribution in [0, 0.1) is 0 Å². The van der Waals surface area contributed by atoms with Crippen molar-refractivity contribution in [3.63, 3.8) is 0 Å². The first-order chi connectivity index (χ1) is 18.6. The van der Waals surface area contributed by atoms with Gasteiger partial charge in [-0.15, -0.1) is 0 Å². The Kier molecular flexibility index (Phi) is 7.46. The van der Waals surface area contributed by atoms with Crippen LogP contribution in [-0.4, -0.2) is 42.1 Å². The number of aromatic amines is 1. The van der Waals surface area contributed by atoms with E-state index in [1.807, 2.05) is 19.2 Å². The molecule has 208 valence electrons. The van der Waals surface area contributed by atoms with Crippen LogP contribution in [-0.2, 0) is 29.7 Å². The predicted molar refractivity (Wildman–Crippen MR) is 138 cm³/mol. The Bertz CT molecular complexity index is 1440. The van der Waals surface area contributed by atoms with Crippen molar-refractivity contribution in [2.75, 3.05) is 0 Å². The molecule has 0 saturated carbocycles. The van der Waals surface area contributed by atoms with E-state index in [0.717, 1.165) is 41.5 Å². The molecule has 2 aliphatic rings. The van der Waals surface area contributed by atoms with Crippen molar-refractivity contribution in [3.8, 4) is 0 Å². The van der Waals surface area contributed by atoms with Crippen molar-refractivity contribution < 1.29 is 18.0 Å². The number of aryl methyl sites for hydroxylation is 3. The van der Waals surface area contributed by atoms with Crippen molar-refractivity contribution in [1.29, 1.82) is 0 Å². The second kappa shape index (κ2) is 10.8. The molecular weight excluding hydrogens is 511 g/mol. The lowest BCUT2D eigenvalue weighted by Crippen LogP contribution is -2.49. The summed E-state index contributed by atoms with van der Waals surface area (Å²) in [5, 5.41) is 17.2. The van der Waals surface area contributed by atoms with Gasteiger partial charge >= 0.3 is 11.9 Å². The lowest BCUT2D eigenvalue weighted by molar-refractivity contribution is -0.135. The number of tetrazole rings is 1. The van der Waals surface area contributed by atoms with Crippen LogP contribution in [0.2, 0.25) is 0 Å². The van der Waals surface area contributed by atoms with Gasteiger partial charge in [0, 0.05) is 31.1 Å². The second-order valence-corrected chi connectivity index (χ2v) is 10.7. The number of fused-ring (bicyclic) bond motifs is 1. The molecule has 0 fully saturated rings. The van der Waals surface area contributed by atoms with Crippen LogP contribution in [0.5, 0.6) is 0 Å². The molecule has 1 aliphatic heterocycles. The number of aromatic nitrogens is 6. The van der Waals surface area contributed by atoms with Crippen molar-refractivity contribution in [2.24, 2.45) is 0 Å². The Hall–Kier alpha value is -3.70. The van der Waals surface area contributed by atoms with Crippen LogP contribution in [0.4, 0.5) is 13.2 Å². The maximum atomic E-state index is 13.5. The second-order valence-electron chi connectivity index (χ2n) is 10.7. The van der Waals surface area contributed by atoms with E-state index in [-0.39, 0.29) is 12.1 Å². The third-order valence-corrected chi connectivity index (χ3v) is 7.67. The number of nitrogens with zero attached hydrogens (tertiary/aromatic N) is 5. The number of nitrogens with one attached hydrogen (secondary N) is 2. The van der Waals surface area contributed by atoms with E-state index in [1.54, 1.807) is 10.9 Å². The molecule has 0 unspecified atom stereocenters. The predicted octanol–water partition coefficient (Wildman–Crippen LogP) is 4.36. The number of hydrogen-bond acceptors (Lipinski definition) is 5. The van der Waals surface area contributed by atoms with E-state index in [2.05, 4.69) is 38.1 Å². The fourth-order valence-corrected chi connectivity index (χ4v) is 5.55.